The number of hydrogen-bond donors (Lipinski definition) is 1. The number of fused-ring (bicyclic) bond motifs is 1. The van der Waals surface area contributed by atoms with E-state index in [1.54, 1.807) is 18.3 Å². The molecular weight excluding hydrogens is 238 g/mol. The SMILES string of the molecule is CC(C)(C)C(=O)Oc1c[nH]c2ccc(Cl)cc12. The first kappa shape index (κ1) is 12.0. The third-order valence-electron chi connectivity index (χ3n) is 2.42. The van der Waals surface area contributed by atoms with Gasteiger partial charge in [-0.1, -0.05) is 11.6 Å². The molecule has 0 saturated heterocycles. The lowest BCUT2D eigenvalue weighted by atomic mass is 9.97. The lowest BCUT2D eigenvalue weighted by Gasteiger charge is -2.15. The predicted octanol–water partition coefficient (Wildman–Crippen LogP) is 3.77. The number of esters is 1. The van der Waals surface area contributed by atoms with E-state index >= 15 is 0 Å². The Morgan fingerprint density at radius 3 is 2.71 bits per heavy atom. The molecule has 1 N–H and O–H groups in total. The number of aromatic nitrogens is 1. The van der Waals surface area contributed by atoms with E-state index in [1.807, 2.05) is 26.8 Å². The fourth-order valence-corrected chi connectivity index (χ4v) is 1.58. The van der Waals surface area contributed by atoms with Gasteiger partial charge >= 0.3 is 5.97 Å². The molecule has 2 rings (SSSR count). The zero-order valence-electron chi connectivity index (χ0n) is 10.0. The molecule has 0 radical (unpaired) electrons. The summed E-state index contributed by atoms with van der Waals surface area (Å²) in [6.45, 7) is 5.45. The van der Waals surface area contributed by atoms with Crippen LogP contribution >= 0.6 is 11.6 Å². The summed E-state index contributed by atoms with van der Waals surface area (Å²) >= 11 is 5.92. The Kier molecular flexibility index (Phi) is 2.87. The second kappa shape index (κ2) is 4.08. The summed E-state index contributed by atoms with van der Waals surface area (Å²) < 4.78 is 5.36. The average Bonchev–Trinajstić information content (AvgIpc) is 2.60. The molecule has 17 heavy (non-hydrogen) atoms. The zero-order valence-corrected chi connectivity index (χ0v) is 10.8. The number of halogens is 1. The molecule has 2 aromatic rings. The van der Waals surface area contributed by atoms with Crippen molar-refractivity contribution in [3.63, 3.8) is 0 Å². The van der Waals surface area contributed by atoms with Gasteiger partial charge in [0.05, 0.1) is 5.41 Å². The highest BCUT2D eigenvalue weighted by atomic mass is 35.5. The normalized spacial score (nSPS) is 11.8. The van der Waals surface area contributed by atoms with Crippen molar-refractivity contribution in [2.24, 2.45) is 5.41 Å². The number of rotatable bonds is 1. The molecule has 0 aliphatic heterocycles. The van der Waals surface area contributed by atoms with Crippen LogP contribution in [0.2, 0.25) is 5.02 Å². The Hall–Kier alpha value is -1.48. The van der Waals surface area contributed by atoms with Crippen molar-refractivity contribution in [1.82, 2.24) is 4.98 Å². The highest BCUT2D eigenvalue weighted by Crippen LogP contribution is 2.29. The van der Waals surface area contributed by atoms with Gasteiger partial charge in [-0.25, -0.2) is 0 Å². The van der Waals surface area contributed by atoms with Crippen LogP contribution in [0.25, 0.3) is 10.9 Å². The molecule has 1 aromatic heterocycles. The Morgan fingerprint density at radius 1 is 1.35 bits per heavy atom. The average molecular weight is 252 g/mol. The van der Waals surface area contributed by atoms with Crippen LogP contribution in [0.4, 0.5) is 0 Å². The first-order valence-corrected chi connectivity index (χ1v) is 5.74. The quantitative estimate of drug-likeness (QED) is 0.784. The maximum atomic E-state index is 11.8. The van der Waals surface area contributed by atoms with Crippen molar-refractivity contribution in [3.8, 4) is 5.75 Å². The molecule has 90 valence electrons. The van der Waals surface area contributed by atoms with Gasteiger partial charge in [0.25, 0.3) is 0 Å². The van der Waals surface area contributed by atoms with Crippen LogP contribution in [0.5, 0.6) is 5.75 Å². The van der Waals surface area contributed by atoms with Gasteiger partial charge in [0.1, 0.15) is 0 Å². The molecule has 0 atom stereocenters. The molecule has 0 fully saturated rings. The molecule has 1 heterocycles. The van der Waals surface area contributed by atoms with Crippen molar-refractivity contribution in [2.45, 2.75) is 20.8 Å². The maximum Gasteiger partial charge on any atom is 0.316 e. The Bertz CT molecular complexity index is 566. The third-order valence-corrected chi connectivity index (χ3v) is 2.66. The zero-order chi connectivity index (χ0) is 12.6. The van der Waals surface area contributed by atoms with E-state index in [9.17, 15) is 4.79 Å². The summed E-state index contributed by atoms with van der Waals surface area (Å²) in [6.07, 6.45) is 1.67. The van der Waals surface area contributed by atoms with Gasteiger partial charge in [-0.05, 0) is 39.0 Å². The van der Waals surface area contributed by atoms with Gasteiger partial charge in [0, 0.05) is 22.1 Å². The first-order valence-electron chi connectivity index (χ1n) is 5.37. The highest BCUT2D eigenvalue weighted by molar-refractivity contribution is 6.31. The number of benzene rings is 1. The van der Waals surface area contributed by atoms with Gasteiger partial charge in [-0.15, -0.1) is 0 Å². The van der Waals surface area contributed by atoms with Crippen LogP contribution < -0.4 is 4.74 Å². The van der Waals surface area contributed by atoms with Crippen LogP contribution in [0, 0.1) is 5.41 Å². The van der Waals surface area contributed by atoms with Crippen molar-refractivity contribution in [3.05, 3.63) is 29.4 Å². The maximum absolute atomic E-state index is 11.8. The monoisotopic (exact) mass is 251 g/mol. The van der Waals surface area contributed by atoms with Crippen LogP contribution in [-0.2, 0) is 4.79 Å². The summed E-state index contributed by atoms with van der Waals surface area (Å²) in [6, 6.07) is 5.42. The van der Waals surface area contributed by atoms with Gasteiger partial charge in [0.15, 0.2) is 5.75 Å². The van der Waals surface area contributed by atoms with Crippen LogP contribution in [-0.4, -0.2) is 11.0 Å². The molecule has 0 saturated carbocycles. The van der Waals surface area contributed by atoms with E-state index in [4.69, 9.17) is 16.3 Å². The minimum absolute atomic E-state index is 0.265. The Morgan fingerprint density at radius 2 is 2.06 bits per heavy atom. The molecule has 0 amide bonds. The second-order valence-electron chi connectivity index (χ2n) is 4.98. The van der Waals surface area contributed by atoms with E-state index in [-0.39, 0.29) is 5.97 Å². The van der Waals surface area contributed by atoms with Crippen molar-refractivity contribution in [1.29, 1.82) is 0 Å². The van der Waals surface area contributed by atoms with Gasteiger partial charge in [0.2, 0.25) is 0 Å². The lowest BCUT2D eigenvalue weighted by molar-refractivity contribution is -0.142. The largest absolute Gasteiger partial charge is 0.424 e. The minimum atomic E-state index is -0.526. The molecule has 0 aliphatic carbocycles. The summed E-state index contributed by atoms with van der Waals surface area (Å²) in [5.41, 5.74) is 0.369. The first-order chi connectivity index (χ1) is 7.88. The lowest BCUT2D eigenvalue weighted by Crippen LogP contribution is -2.25. The molecule has 1 aromatic carbocycles. The van der Waals surface area contributed by atoms with Gasteiger partial charge in [-0.3, -0.25) is 4.79 Å². The van der Waals surface area contributed by atoms with Crippen LogP contribution in [0.1, 0.15) is 20.8 Å². The van der Waals surface area contributed by atoms with E-state index in [0.717, 1.165) is 10.9 Å². The Balaban J connectivity index is 2.37. The third kappa shape index (κ3) is 2.44. The number of aromatic amines is 1. The van der Waals surface area contributed by atoms with Gasteiger partial charge < -0.3 is 9.72 Å². The molecule has 3 nitrogen and oxygen atoms in total. The number of nitrogens with one attached hydrogen (secondary N) is 1. The highest BCUT2D eigenvalue weighted by Gasteiger charge is 2.24. The smallest absolute Gasteiger partial charge is 0.316 e. The van der Waals surface area contributed by atoms with E-state index in [2.05, 4.69) is 4.98 Å². The van der Waals surface area contributed by atoms with Crippen molar-refractivity contribution >= 4 is 28.5 Å². The summed E-state index contributed by atoms with van der Waals surface area (Å²) in [5, 5.41) is 1.43. The van der Waals surface area contributed by atoms with E-state index < -0.39 is 5.41 Å². The topological polar surface area (TPSA) is 42.1 Å². The summed E-state index contributed by atoms with van der Waals surface area (Å²) in [5.74, 6) is 0.251. The fourth-order valence-electron chi connectivity index (χ4n) is 1.40. The number of ether oxygens (including phenoxy) is 1. The molecule has 4 heteroatoms. The minimum Gasteiger partial charge on any atom is -0.424 e. The number of hydrogen-bond acceptors (Lipinski definition) is 2. The van der Waals surface area contributed by atoms with E-state index in [1.165, 1.54) is 0 Å². The number of carbonyl (C=O) groups is 1. The van der Waals surface area contributed by atoms with E-state index in [0.29, 0.717) is 10.8 Å². The second-order valence-corrected chi connectivity index (χ2v) is 5.42. The molecule has 0 aliphatic rings. The van der Waals surface area contributed by atoms with Gasteiger partial charge in [-0.2, -0.15) is 0 Å². The van der Waals surface area contributed by atoms with Crippen molar-refractivity contribution in [2.75, 3.05) is 0 Å². The molecule has 0 bridgehead atoms. The summed E-state index contributed by atoms with van der Waals surface area (Å²) in [7, 11) is 0. The molecule has 0 spiro atoms. The predicted molar refractivity (Wildman–Crippen MR) is 68.4 cm³/mol. The molecule has 0 unspecified atom stereocenters. The van der Waals surface area contributed by atoms with Crippen LogP contribution in [0.3, 0.4) is 0 Å². The molecular formula is C13H14ClNO2. The standard InChI is InChI=1S/C13H14ClNO2/c1-13(2,3)12(16)17-11-7-15-10-5-4-8(14)6-9(10)11/h4-7,15H,1-3H3. The van der Waals surface area contributed by atoms with Crippen molar-refractivity contribution < 1.29 is 9.53 Å². The van der Waals surface area contributed by atoms with Crippen LogP contribution in [0.15, 0.2) is 24.4 Å². The Labute approximate surface area is 105 Å². The number of H-pyrrole nitrogens is 1. The fraction of sp³-hybridized carbons (Fsp3) is 0.308. The summed E-state index contributed by atoms with van der Waals surface area (Å²) in [4.78, 5) is 14.8. The number of carbonyl (C=O) groups excluding carboxylic acids is 1.